The standard InChI is InChI=1S/C16H18N2O2/c1-4-9-18-11-12(2)10-15(18)16(19)17-13-5-7-14(20-3)8-6-13/h4-8,10-11H,1,9H2,2-3H3,(H,17,19). The molecule has 0 fully saturated rings. The van der Waals surface area contributed by atoms with Crippen LogP contribution in [0.2, 0.25) is 0 Å². The van der Waals surface area contributed by atoms with Crippen LogP contribution in [0.5, 0.6) is 5.75 Å². The monoisotopic (exact) mass is 270 g/mol. The number of aromatic nitrogens is 1. The third kappa shape index (κ3) is 3.09. The fourth-order valence-corrected chi connectivity index (χ4v) is 2.01. The number of ether oxygens (including phenoxy) is 1. The van der Waals surface area contributed by atoms with E-state index in [-0.39, 0.29) is 5.91 Å². The van der Waals surface area contributed by atoms with Gasteiger partial charge < -0.3 is 14.6 Å². The highest BCUT2D eigenvalue weighted by atomic mass is 16.5. The number of hydrogen-bond donors (Lipinski definition) is 1. The predicted octanol–water partition coefficient (Wildman–Crippen LogP) is 3.24. The number of aryl methyl sites for hydroxylation is 1. The number of carbonyl (C=O) groups excluding carboxylic acids is 1. The fraction of sp³-hybridized carbons (Fsp3) is 0.188. The van der Waals surface area contributed by atoms with Crippen LogP contribution < -0.4 is 10.1 Å². The molecular weight excluding hydrogens is 252 g/mol. The van der Waals surface area contributed by atoms with Crippen LogP contribution in [-0.2, 0) is 6.54 Å². The molecule has 1 heterocycles. The summed E-state index contributed by atoms with van der Waals surface area (Å²) in [6, 6.07) is 9.10. The van der Waals surface area contributed by atoms with Gasteiger partial charge in [0.05, 0.1) is 7.11 Å². The van der Waals surface area contributed by atoms with Gasteiger partial charge in [-0.25, -0.2) is 0 Å². The molecule has 0 saturated carbocycles. The van der Waals surface area contributed by atoms with Gasteiger partial charge in [0.15, 0.2) is 0 Å². The highest BCUT2D eigenvalue weighted by molar-refractivity contribution is 6.03. The molecule has 0 aliphatic rings. The number of benzene rings is 1. The van der Waals surface area contributed by atoms with Gasteiger partial charge in [0.25, 0.3) is 5.91 Å². The van der Waals surface area contributed by atoms with Gasteiger partial charge >= 0.3 is 0 Å². The van der Waals surface area contributed by atoms with Crippen LogP contribution in [0.4, 0.5) is 5.69 Å². The SMILES string of the molecule is C=CCn1cc(C)cc1C(=O)Nc1ccc(OC)cc1. The minimum Gasteiger partial charge on any atom is -0.497 e. The maximum absolute atomic E-state index is 12.3. The molecule has 0 aliphatic carbocycles. The van der Waals surface area contributed by atoms with Gasteiger partial charge in [-0.1, -0.05) is 6.08 Å². The number of nitrogens with zero attached hydrogens (tertiary/aromatic N) is 1. The second-order valence-electron chi connectivity index (χ2n) is 4.53. The lowest BCUT2D eigenvalue weighted by molar-refractivity contribution is 0.101. The molecule has 0 saturated heterocycles. The Morgan fingerprint density at radius 2 is 2.10 bits per heavy atom. The van der Waals surface area contributed by atoms with Crippen molar-refractivity contribution in [3.8, 4) is 5.75 Å². The third-order valence-electron chi connectivity index (χ3n) is 2.94. The van der Waals surface area contributed by atoms with Crippen LogP contribution in [-0.4, -0.2) is 17.6 Å². The van der Waals surface area contributed by atoms with Crippen LogP contribution >= 0.6 is 0 Å². The summed E-state index contributed by atoms with van der Waals surface area (Å²) in [5, 5.41) is 2.87. The zero-order valence-electron chi connectivity index (χ0n) is 11.7. The maximum atomic E-state index is 12.3. The fourth-order valence-electron chi connectivity index (χ4n) is 2.01. The van der Waals surface area contributed by atoms with E-state index in [4.69, 9.17) is 4.74 Å². The lowest BCUT2D eigenvalue weighted by Crippen LogP contribution is -2.16. The topological polar surface area (TPSA) is 43.3 Å². The lowest BCUT2D eigenvalue weighted by Gasteiger charge is -2.08. The van der Waals surface area contributed by atoms with E-state index >= 15 is 0 Å². The Morgan fingerprint density at radius 3 is 2.70 bits per heavy atom. The van der Waals surface area contributed by atoms with Crippen LogP contribution in [0.25, 0.3) is 0 Å². The minimum atomic E-state index is -0.134. The first kappa shape index (κ1) is 13.9. The Kier molecular flexibility index (Phi) is 4.25. The van der Waals surface area contributed by atoms with Crippen molar-refractivity contribution >= 4 is 11.6 Å². The summed E-state index contributed by atoms with van der Waals surface area (Å²) in [6.07, 6.45) is 3.70. The number of methoxy groups -OCH3 is 1. The Hall–Kier alpha value is -2.49. The Labute approximate surface area is 118 Å². The van der Waals surface area contributed by atoms with E-state index in [0.29, 0.717) is 12.2 Å². The molecule has 104 valence electrons. The molecule has 0 unspecified atom stereocenters. The molecule has 2 rings (SSSR count). The van der Waals surface area contributed by atoms with Crippen molar-refractivity contribution in [2.45, 2.75) is 13.5 Å². The Balaban J connectivity index is 2.16. The van der Waals surface area contributed by atoms with E-state index in [1.165, 1.54) is 0 Å². The molecule has 0 radical (unpaired) electrons. The van der Waals surface area contributed by atoms with Crippen molar-refractivity contribution < 1.29 is 9.53 Å². The van der Waals surface area contributed by atoms with E-state index in [1.807, 2.05) is 48.0 Å². The zero-order chi connectivity index (χ0) is 14.5. The number of amides is 1. The van der Waals surface area contributed by atoms with Crippen molar-refractivity contribution in [2.24, 2.45) is 0 Å². The summed E-state index contributed by atoms with van der Waals surface area (Å²) in [4.78, 5) is 12.3. The van der Waals surface area contributed by atoms with Crippen molar-refractivity contribution in [1.29, 1.82) is 0 Å². The Morgan fingerprint density at radius 1 is 1.40 bits per heavy atom. The second-order valence-corrected chi connectivity index (χ2v) is 4.53. The van der Waals surface area contributed by atoms with Gasteiger partial charge in [-0.15, -0.1) is 6.58 Å². The second kappa shape index (κ2) is 6.10. The average molecular weight is 270 g/mol. The molecule has 1 amide bonds. The number of anilines is 1. The normalized spacial score (nSPS) is 10.1. The molecule has 0 aliphatic heterocycles. The van der Waals surface area contributed by atoms with Gasteiger partial charge in [0.2, 0.25) is 0 Å². The first-order valence-corrected chi connectivity index (χ1v) is 6.37. The van der Waals surface area contributed by atoms with Gasteiger partial charge in [-0.3, -0.25) is 4.79 Å². The maximum Gasteiger partial charge on any atom is 0.272 e. The number of rotatable bonds is 5. The number of nitrogens with one attached hydrogen (secondary N) is 1. The summed E-state index contributed by atoms with van der Waals surface area (Å²) in [7, 11) is 1.61. The molecule has 4 heteroatoms. The Bertz CT molecular complexity index is 612. The van der Waals surface area contributed by atoms with Crippen molar-refractivity contribution in [1.82, 2.24) is 4.57 Å². The van der Waals surface area contributed by atoms with Crippen LogP contribution in [0.15, 0.2) is 49.2 Å². The van der Waals surface area contributed by atoms with Crippen LogP contribution in [0, 0.1) is 6.92 Å². The smallest absolute Gasteiger partial charge is 0.272 e. The molecule has 1 aromatic heterocycles. The molecule has 20 heavy (non-hydrogen) atoms. The zero-order valence-corrected chi connectivity index (χ0v) is 11.7. The molecular formula is C16H18N2O2. The first-order valence-electron chi connectivity index (χ1n) is 6.37. The summed E-state index contributed by atoms with van der Waals surface area (Å²) in [6.45, 7) is 6.27. The molecule has 1 N–H and O–H groups in total. The van der Waals surface area contributed by atoms with Gasteiger partial charge in [0, 0.05) is 18.4 Å². The molecule has 0 atom stereocenters. The van der Waals surface area contributed by atoms with Gasteiger partial charge in [0.1, 0.15) is 11.4 Å². The van der Waals surface area contributed by atoms with Gasteiger partial charge in [-0.2, -0.15) is 0 Å². The highest BCUT2D eigenvalue weighted by Crippen LogP contribution is 2.16. The first-order chi connectivity index (χ1) is 9.63. The lowest BCUT2D eigenvalue weighted by atomic mass is 10.3. The van der Waals surface area contributed by atoms with Crippen molar-refractivity contribution in [3.05, 3.63) is 60.4 Å². The van der Waals surface area contributed by atoms with Crippen molar-refractivity contribution in [3.63, 3.8) is 0 Å². The molecule has 4 nitrogen and oxygen atoms in total. The molecule has 2 aromatic rings. The van der Waals surface area contributed by atoms with Crippen molar-refractivity contribution in [2.75, 3.05) is 12.4 Å². The third-order valence-corrected chi connectivity index (χ3v) is 2.94. The van der Waals surface area contributed by atoms with Crippen LogP contribution in [0.1, 0.15) is 16.1 Å². The number of allylic oxidation sites excluding steroid dienone is 1. The quantitative estimate of drug-likeness (QED) is 0.848. The summed E-state index contributed by atoms with van der Waals surface area (Å²) < 4.78 is 6.96. The van der Waals surface area contributed by atoms with E-state index in [0.717, 1.165) is 17.0 Å². The van der Waals surface area contributed by atoms with E-state index in [1.54, 1.807) is 13.2 Å². The summed E-state index contributed by atoms with van der Waals surface area (Å²) >= 11 is 0. The average Bonchev–Trinajstić information content (AvgIpc) is 2.81. The largest absolute Gasteiger partial charge is 0.497 e. The van der Waals surface area contributed by atoms with Crippen LogP contribution in [0.3, 0.4) is 0 Å². The number of hydrogen-bond acceptors (Lipinski definition) is 2. The van der Waals surface area contributed by atoms with E-state index in [9.17, 15) is 4.79 Å². The molecule has 0 bridgehead atoms. The molecule has 1 aromatic carbocycles. The van der Waals surface area contributed by atoms with E-state index in [2.05, 4.69) is 11.9 Å². The minimum absolute atomic E-state index is 0.134. The summed E-state index contributed by atoms with van der Waals surface area (Å²) in [5.41, 5.74) is 2.41. The van der Waals surface area contributed by atoms with Gasteiger partial charge in [-0.05, 0) is 42.8 Å². The summed E-state index contributed by atoms with van der Waals surface area (Å²) in [5.74, 6) is 0.624. The highest BCUT2D eigenvalue weighted by Gasteiger charge is 2.12. The number of carbonyl (C=O) groups is 1. The van der Waals surface area contributed by atoms with E-state index < -0.39 is 0 Å². The predicted molar refractivity (Wildman–Crippen MR) is 80.3 cm³/mol. The molecule has 0 spiro atoms.